The van der Waals surface area contributed by atoms with Gasteiger partial charge in [0, 0.05) is 18.0 Å². The second-order valence-corrected chi connectivity index (χ2v) is 6.18. The molecule has 5 nitrogen and oxygen atoms in total. The van der Waals surface area contributed by atoms with Gasteiger partial charge in [0.05, 0.1) is 23.5 Å². The van der Waals surface area contributed by atoms with Gasteiger partial charge in [0.2, 0.25) is 0 Å². The van der Waals surface area contributed by atoms with Gasteiger partial charge >= 0.3 is 0 Å². The highest BCUT2D eigenvalue weighted by atomic mass is 19.1. The van der Waals surface area contributed by atoms with Crippen LogP contribution < -0.4 is 5.32 Å². The van der Waals surface area contributed by atoms with Gasteiger partial charge in [0.1, 0.15) is 11.5 Å². The Bertz CT molecular complexity index is 1080. The highest BCUT2D eigenvalue weighted by Crippen LogP contribution is 2.24. The molecule has 0 radical (unpaired) electrons. The summed E-state index contributed by atoms with van der Waals surface area (Å²) in [5.74, 6) is -0.612. The number of halogens is 1. The lowest BCUT2D eigenvalue weighted by Crippen LogP contribution is -2.23. The maximum Gasteiger partial charge on any atom is 0.255 e. The van der Waals surface area contributed by atoms with Crippen molar-refractivity contribution >= 4 is 5.91 Å². The molecule has 0 aliphatic carbocycles. The van der Waals surface area contributed by atoms with Gasteiger partial charge in [-0.25, -0.2) is 9.07 Å². The third-order valence-electron chi connectivity index (χ3n) is 4.25. The van der Waals surface area contributed by atoms with Crippen molar-refractivity contribution in [2.24, 2.45) is 0 Å². The molecule has 0 saturated carbocycles. The number of rotatable bonds is 5. The van der Waals surface area contributed by atoms with Gasteiger partial charge in [-0.2, -0.15) is 5.10 Å². The molecule has 6 heteroatoms. The minimum Gasteiger partial charge on any atom is -0.346 e. The van der Waals surface area contributed by atoms with Gasteiger partial charge in [0.15, 0.2) is 0 Å². The Balaban J connectivity index is 1.68. The zero-order valence-corrected chi connectivity index (χ0v) is 14.9. The topological polar surface area (TPSA) is 59.8 Å². The van der Waals surface area contributed by atoms with Crippen LogP contribution in [-0.4, -0.2) is 20.7 Å². The van der Waals surface area contributed by atoms with Gasteiger partial charge in [-0.15, -0.1) is 0 Å². The summed E-state index contributed by atoms with van der Waals surface area (Å²) < 4.78 is 15.0. The second-order valence-electron chi connectivity index (χ2n) is 6.18. The summed E-state index contributed by atoms with van der Waals surface area (Å²) in [4.78, 5) is 17.1. The molecule has 0 unspecified atom stereocenters. The Hall–Kier alpha value is -3.80. The fraction of sp³-hybridized carbons (Fsp3) is 0.0455. The van der Waals surface area contributed by atoms with E-state index in [1.807, 2.05) is 48.5 Å². The van der Waals surface area contributed by atoms with Crippen molar-refractivity contribution in [3.63, 3.8) is 0 Å². The molecule has 1 N–H and O–H groups in total. The normalized spacial score (nSPS) is 10.6. The van der Waals surface area contributed by atoms with E-state index in [1.165, 1.54) is 12.1 Å². The quantitative estimate of drug-likeness (QED) is 0.576. The lowest BCUT2D eigenvalue weighted by Gasteiger charge is -2.05. The third kappa shape index (κ3) is 3.81. The van der Waals surface area contributed by atoms with Crippen LogP contribution >= 0.6 is 0 Å². The second kappa shape index (κ2) is 7.84. The van der Waals surface area contributed by atoms with Crippen molar-refractivity contribution < 1.29 is 9.18 Å². The molecule has 0 fully saturated rings. The largest absolute Gasteiger partial charge is 0.346 e. The Morgan fingerprint density at radius 1 is 0.964 bits per heavy atom. The van der Waals surface area contributed by atoms with E-state index in [-0.39, 0.29) is 11.7 Å². The first-order chi connectivity index (χ1) is 13.7. The Labute approximate surface area is 161 Å². The average molecular weight is 372 g/mol. The van der Waals surface area contributed by atoms with Crippen molar-refractivity contribution in [3.05, 3.63) is 102 Å². The lowest BCUT2D eigenvalue weighted by atomic mass is 10.1. The van der Waals surface area contributed by atoms with Crippen LogP contribution in [0.2, 0.25) is 0 Å². The van der Waals surface area contributed by atoms with E-state index in [2.05, 4.69) is 15.4 Å². The molecule has 2 aromatic carbocycles. The zero-order valence-electron chi connectivity index (χ0n) is 14.9. The van der Waals surface area contributed by atoms with Crippen LogP contribution in [0, 0.1) is 5.82 Å². The number of carbonyl (C=O) groups excluding carboxylic acids is 1. The summed E-state index contributed by atoms with van der Waals surface area (Å²) in [5.41, 5.74) is 3.15. The van der Waals surface area contributed by atoms with E-state index in [9.17, 15) is 9.18 Å². The van der Waals surface area contributed by atoms with Crippen LogP contribution in [0.1, 0.15) is 16.1 Å². The molecule has 138 valence electrons. The van der Waals surface area contributed by atoms with Gasteiger partial charge in [0.25, 0.3) is 5.91 Å². The summed E-state index contributed by atoms with van der Waals surface area (Å²) in [5, 5.41) is 7.45. The maximum absolute atomic E-state index is 13.3. The minimum absolute atomic E-state index is 0.271. The summed E-state index contributed by atoms with van der Waals surface area (Å²) in [6, 6.07) is 21.0. The number of pyridine rings is 1. The predicted molar refractivity (Wildman–Crippen MR) is 104 cm³/mol. The van der Waals surface area contributed by atoms with Gasteiger partial charge < -0.3 is 5.32 Å². The SMILES string of the molecule is O=C(NCc1ccccn1)c1cn(-c2ccccc2)nc1-c1ccc(F)cc1. The van der Waals surface area contributed by atoms with Gasteiger partial charge in [-0.3, -0.25) is 9.78 Å². The van der Waals surface area contributed by atoms with Gasteiger partial charge in [-0.1, -0.05) is 24.3 Å². The summed E-state index contributed by atoms with van der Waals surface area (Å²) in [7, 11) is 0. The molecular weight excluding hydrogens is 355 g/mol. The highest BCUT2D eigenvalue weighted by Gasteiger charge is 2.18. The predicted octanol–water partition coefficient (Wildman–Crippen LogP) is 4.00. The first kappa shape index (κ1) is 17.6. The molecule has 0 aliphatic heterocycles. The number of hydrogen-bond acceptors (Lipinski definition) is 3. The number of aromatic nitrogens is 3. The van der Waals surface area contributed by atoms with E-state index < -0.39 is 0 Å². The van der Waals surface area contributed by atoms with Crippen LogP contribution in [0.25, 0.3) is 16.9 Å². The van der Waals surface area contributed by atoms with Gasteiger partial charge in [-0.05, 0) is 48.5 Å². The lowest BCUT2D eigenvalue weighted by molar-refractivity contribution is 0.0951. The first-order valence-electron chi connectivity index (χ1n) is 8.80. The molecule has 0 bridgehead atoms. The minimum atomic E-state index is -0.340. The molecule has 4 rings (SSSR count). The van der Waals surface area contributed by atoms with Crippen molar-refractivity contribution in [2.45, 2.75) is 6.54 Å². The van der Waals surface area contributed by atoms with Crippen molar-refractivity contribution in [2.75, 3.05) is 0 Å². The number of amides is 1. The number of hydrogen-bond donors (Lipinski definition) is 1. The average Bonchev–Trinajstić information content (AvgIpc) is 3.19. The van der Waals surface area contributed by atoms with E-state index in [1.54, 1.807) is 29.2 Å². The van der Waals surface area contributed by atoms with E-state index in [0.717, 1.165) is 11.4 Å². The van der Waals surface area contributed by atoms with E-state index in [4.69, 9.17) is 0 Å². The summed E-state index contributed by atoms with van der Waals surface area (Å²) in [6.07, 6.45) is 3.36. The molecule has 28 heavy (non-hydrogen) atoms. The van der Waals surface area contributed by atoms with E-state index >= 15 is 0 Å². The fourth-order valence-corrected chi connectivity index (χ4v) is 2.84. The maximum atomic E-state index is 13.3. The number of para-hydroxylation sites is 1. The van der Waals surface area contributed by atoms with Crippen molar-refractivity contribution in [3.8, 4) is 16.9 Å². The monoisotopic (exact) mass is 372 g/mol. The van der Waals surface area contributed by atoms with E-state index in [0.29, 0.717) is 23.4 Å². The number of benzene rings is 2. The van der Waals surface area contributed by atoms with Crippen molar-refractivity contribution in [1.82, 2.24) is 20.1 Å². The molecule has 1 amide bonds. The molecule has 0 spiro atoms. The molecule has 2 heterocycles. The first-order valence-corrected chi connectivity index (χ1v) is 8.80. The summed E-state index contributed by atoms with van der Waals surface area (Å²) in [6.45, 7) is 0.305. The zero-order chi connectivity index (χ0) is 19.3. The molecule has 0 aliphatic rings. The van der Waals surface area contributed by atoms with Crippen molar-refractivity contribution in [1.29, 1.82) is 0 Å². The van der Waals surface area contributed by atoms with Crippen LogP contribution in [0.3, 0.4) is 0 Å². The van der Waals surface area contributed by atoms with Crippen LogP contribution in [0.5, 0.6) is 0 Å². The summed E-state index contributed by atoms with van der Waals surface area (Å²) >= 11 is 0. The molecule has 2 aromatic heterocycles. The highest BCUT2D eigenvalue weighted by molar-refractivity contribution is 5.99. The Morgan fingerprint density at radius 3 is 2.43 bits per heavy atom. The smallest absolute Gasteiger partial charge is 0.255 e. The molecule has 4 aromatic rings. The Morgan fingerprint density at radius 2 is 1.71 bits per heavy atom. The standard InChI is InChI=1S/C22H17FN4O/c23-17-11-9-16(10-12-17)21-20(15-27(26-21)19-7-2-1-3-8-19)22(28)25-14-18-6-4-5-13-24-18/h1-13,15H,14H2,(H,25,28). The number of nitrogens with zero attached hydrogens (tertiary/aromatic N) is 3. The Kier molecular flexibility index (Phi) is 4.93. The van der Waals surface area contributed by atoms with Crippen LogP contribution in [-0.2, 0) is 6.54 Å². The van der Waals surface area contributed by atoms with Crippen LogP contribution in [0.4, 0.5) is 4.39 Å². The molecule has 0 atom stereocenters. The third-order valence-corrected chi connectivity index (χ3v) is 4.25. The molecular formula is C22H17FN4O. The fourth-order valence-electron chi connectivity index (χ4n) is 2.84. The number of carbonyl (C=O) groups is 1. The molecule has 0 saturated heterocycles. The van der Waals surface area contributed by atoms with Crippen LogP contribution in [0.15, 0.2) is 85.2 Å². The number of nitrogens with one attached hydrogen (secondary N) is 1.